The Morgan fingerprint density at radius 3 is 2.81 bits per heavy atom. The predicted molar refractivity (Wildman–Crippen MR) is 87.4 cm³/mol. The first-order valence-corrected chi connectivity index (χ1v) is 7.74. The smallest absolute Gasteiger partial charge is 0.0907 e. The Bertz CT molecular complexity index is 620. The van der Waals surface area contributed by atoms with Crippen LogP contribution in [0.4, 0.5) is 0 Å². The quantitative estimate of drug-likeness (QED) is 0.584. The van der Waals surface area contributed by atoms with Crippen LogP contribution >= 0.6 is 39.1 Å². The van der Waals surface area contributed by atoms with Gasteiger partial charge in [-0.05, 0) is 17.7 Å². The van der Waals surface area contributed by atoms with Crippen molar-refractivity contribution in [2.45, 2.75) is 12.6 Å². The van der Waals surface area contributed by atoms with Gasteiger partial charge in [-0.1, -0.05) is 45.2 Å². The van der Waals surface area contributed by atoms with Crippen LogP contribution in [-0.2, 0) is 11.3 Å². The van der Waals surface area contributed by atoms with Crippen molar-refractivity contribution in [1.29, 1.82) is 0 Å². The minimum atomic E-state index is -0.363. The molecule has 0 saturated carbocycles. The van der Waals surface area contributed by atoms with Gasteiger partial charge in [-0.3, -0.25) is 10.5 Å². The van der Waals surface area contributed by atoms with Gasteiger partial charge in [0.2, 0.25) is 0 Å². The number of aromatic nitrogens is 2. The van der Waals surface area contributed by atoms with Crippen molar-refractivity contribution in [2.24, 2.45) is 5.84 Å². The summed E-state index contributed by atoms with van der Waals surface area (Å²) in [5.74, 6) is 5.72. The van der Waals surface area contributed by atoms with Gasteiger partial charge in [-0.15, -0.1) is 0 Å². The normalized spacial score (nSPS) is 12.6. The summed E-state index contributed by atoms with van der Waals surface area (Å²) < 4.78 is 7.73. The van der Waals surface area contributed by atoms with Crippen LogP contribution in [0.3, 0.4) is 0 Å². The van der Waals surface area contributed by atoms with Crippen molar-refractivity contribution < 1.29 is 4.74 Å². The number of hydrogen-bond acceptors (Lipinski definition) is 4. The predicted octanol–water partition coefficient (Wildman–Crippen LogP) is 3.15. The molecule has 0 radical (unpaired) electrons. The summed E-state index contributed by atoms with van der Waals surface area (Å²) in [5.41, 5.74) is 4.33. The van der Waals surface area contributed by atoms with Gasteiger partial charge in [0, 0.05) is 16.6 Å². The van der Waals surface area contributed by atoms with Crippen LogP contribution in [0, 0.1) is 0 Å². The summed E-state index contributed by atoms with van der Waals surface area (Å²) in [6.45, 7) is 1.10. The largest absolute Gasteiger partial charge is 0.383 e. The molecule has 1 heterocycles. The maximum atomic E-state index is 6.31. The lowest BCUT2D eigenvalue weighted by Crippen LogP contribution is -2.31. The maximum Gasteiger partial charge on any atom is 0.0907 e. The van der Waals surface area contributed by atoms with Crippen molar-refractivity contribution in [3.8, 4) is 0 Å². The van der Waals surface area contributed by atoms with E-state index in [1.165, 1.54) is 0 Å². The van der Waals surface area contributed by atoms with Crippen LogP contribution in [0.25, 0.3) is 0 Å². The second-order valence-electron chi connectivity index (χ2n) is 4.36. The van der Waals surface area contributed by atoms with E-state index in [9.17, 15) is 0 Å². The highest BCUT2D eigenvalue weighted by molar-refractivity contribution is 9.10. The molecule has 0 bridgehead atoms. The number of methoxy groups -OCH3 is 1. The molecule has 0 amide bonds. The monoisotopic (exact) mass is 392 g/mol. The number of benzene rings is 1. The second-order valence-corrected chi connectivity index (χ2v) is 6.09. The number of halogens is 3. The van der Waals surface area contributed by atoms with E-state index in [-0.39, 0.29) is 6.04 Å². The summed E-state index contributed by atoms with van der Waals surface area (Å²) in [5, 5.41) is 5.36. The molecule has 3 N–H and O–H groups in total. The molecule has 5 nitrogen and oxygen atoms in total. The molecule has 0 saturated heterocycles. The Morgan fingerprint density at radius 1 is 1.43 bits per heavy atom. The van der Waals surface area contributed by atoms with Crippen LogP contribution < -0.4 is 11.3 Å². The molecule has 0 spiro atoms. The molecular formula is C13H15BrCl2N4O. The van der Waals surface area contributed by atoms with E-state index in [1.807, 2.05) is 18.2 Å². The molecule has 0 aliphatic carbocycles. The molecule has 0 aliphatic rings. The van der Waals surface area contributed by atoms with E-state index in [0.29, 0.717) is 23.2 Å². The van der Waals surface area contributed by atoms with Gasteiger partial charge in [-0.25, -0.2) is 5.43 Å². The minimum Gasteiger partial charge on any atom is -0.383 e. The van der Waals surface area contributed by atoms with Gasteiger partial charge < -0.3 is 4.74 Å². The minimum absolute atomic E-state index is 0.363. The lowest BCUT2D eigenvalue weighted by molar-refractivity contribution is 0.182. The number of rotatable bonds is 6. The Balaban J connectivity index is 2.43. The lowest BCUT2D eigenvalue weighted by atomic mass is 10.0. The third-order valence-corrected chi connectivity index (χ3v) is 4.17. The van der Waals surface area contributed by atoms with Crippen molar-refractivity contribution in [3.63, 3.8) is 0 Å². The third-order valence-electron chi connectivity index (χ3n) is 3.05. The van der Waals surface area contributed by atoms with E-state index in [0.717, 1.165) is 15.7 Å². The third kappa shape index (κ3) is 3.77. The fourth-order valence-corrected chi connectivity index (χ4v) is 3.10. The highest BCUT2D eigenvalue weighted by atomic mass is 79.9. The molecule has 1 unspecified atom stereocenters. The number of nitrogens with zero attached hydrogens (tertiary/aromatic N) is 2. The van der Waals surface area contributed by atoms with Crippen molar-refractivity contribution in [3.05, 3.63) is 50.2 Å². The van der Waals surface area contributed by atoms with Crippen LogP contribution in [0.5, 0.6) is 0 Å². The molecule has 8 heteroatoms. The van der Waals surface area contributed by atoms with Gasteiger partial charge in [-0.2, -0.15) is 5.10 Å². The van der Waals surface area contributed by atoms with Gasteiger partial charge >= 0.3 is 0 Å². The number of nitrogens with two attached hydrogens (primary N) is 1. The van der Waals surface area contributed by atoms with E-state index in [2.05, 4.69) is 26.5 Å². The van der Waals surface area contributed by atoms with E-state index in [4.69, 9.17) is 33.8 Å². The lowest BCUT2D eigenvalue weighted by Gasteiger charge is -2.20. The van der Waals surface area contributed by atoms with Crippen molar-refractivity contribution in [2.75, 3.05) is 13.7 Å². The maximum absolute atomic E-state index is 6.31. The van der Waals surface area contributed by atoms with E-state index >= 15 is 0 Å². The summed E-state index contributed by atoms with van der Waals surface area (Å²) in [7, 11) is 1.63. The zero-order valence-electron chi connectivity index (χ0n) is 11.3. The molecule has 0 fully saturated rings. The van der Waals surface area contributed by atoms with Crippen molar-refractivity contribution >= 4 is 39.1 Å². The summed E-state index contributed by atoms with van der Waals surface area (Å²) in [6.07, 6.45) is 1.59. The zero-order valence-corrected chi connectivity index (χ0v) is 14.4. The second kappa shape index (κ2) is 7.58. The Morgan fingerprint density at radius 2 is 2.19 bits per heavy atom. The number of ether oxygens (including phenoxy) is 1. The molecule has 1 aromatic heterocycles. The first-order valence-electron chi connectivity index (χ1n) is 6.19. The van der Waals surface area contributed by atoms with Gasteiger partial charge in [0.1, 0.15) is 0 Å². The fraction of sp³-hybridized carbons (Fsp3) is 0.308. The number of hydrazine groups is 1. The average molecular weight is 394 g/mol. The molecule has 1 aromatic carbocycles. The standard InChI is InChI=1S/C13H15BrCl2N4O/c1-21-5-4-20-13(11(16)7-18-20)12(19-17)9-3-2-8(14)6-10(9)15/h2-3,6-7,12,19H,4-5,17H2,1H3. The Kier molecular flexibility index (Phi) is 6.04. The molecule has 114 valence electrons. The Labute approximate surface area is 141 Å². The Hall–Kier alpha value is -0.630. The summed E-state index contributed by atoms with van der Waals surface area (Å²) in [4.78, 5) is 0. The summed E-state index contributed by atoms with van der Waals surface area (Å²) in [6, 6.07) is 5.23. The van der Waals surface area contributed by atoms with Gasteiger partial charge in [0.25, 0.3) is 0 Å². The van der Waals surface area contributed by atoms with Gasteiger partial charge in [0.05, 0.1) is 36.1 Å². The average Bonchev–Trinajstić information content (AvgIpc) is 2.81. The molecule has 1 atom stereocenters. The van der Waals surface area contributed by atoms with E-state index in [1.54, 1.807) is 18.0 Å². The molecule has 2 rings (SSSR count). The molecule has 2 aromatic rings. The zero-order chi connectivity index (χ0) is 15.4. The molecule has 21 heavy (non-hydrogen) atoms. The van der Waals surface area contributed by atoms with Crippen LogP contribution in [0.15, 0.2) is 28.9 Å². The van der Waals surface area contributed by atoms with Crippen LogP contribution in [-0.4, -0.2) is 23.5 Å². The van der Waals surface area contributed by atoms with Crippen LogP contribution in [0.2, 0.25) is 10.0 Å². The first-order chi connectivity index (χ1) is 10.1. The van der Waals surface area contributed by atoms with E-state index < -0.39 is 0 Å². The number of nitrogens with one attached hydrogen (secondary N) is 1. The fourth-order valence-electron chi connectivity index (χ4n) is 2.07. The topological polar surface area (TPSA) is 65.1 Å². The first kappa shape index (κ1) is 16.7. The SMILES string of the molecule is COCCn1ncc(Cl)c1C(NN)c1ccc(Br)cc1Cl. The highest BCUT2D eigenvalue weighted by Gasteiger charge is 2.23. The molecular weight excluding hydrogens is 379 g/mol. The summed E-state index contributed by atoms with van der Waals surface area (Å²) >= 11 is 15.9. The van der Waals surface area contributed by atoms with Crippen molar-refractivity contribution in [1.82, 2.24) is 15.2 Å². The number of hydrogen-bond donors (Lipinski definition) is 2. The highest BCUT2D eigenvalue weighted by Crippen LogP contribution is 2.33. The van der Waals surface area contributed by atoms with Gasteiger partial charge in [0.15, 0.2) is 0 Å². The molecule has 0 aliphatic heterocycles. The van der Waals surface area contributed by atoms with Crippen LogP contribution in [0.1, 0.15) is 17.3 Å².